The molecule has 6 atom stereocenters. The molecule has 8 heteroatoms. The van der Waals surface area contributed by atoms with Gasteiger partial charge in [0.15, 0.2) is 18.5 Å². The summed E-state index contributed by atoms with van der Waals surface area (Å²) < 4.78 is 29.6. The summed E-state index contributed by atoms with van der Waals surface area (Å²) in [6, 6.07) is 19.1. The molecule has 0 radical (unpaired) electrons. The van der Waals surface area contributed by atoms with Crippen LogP contribution < -0.4 is 0 Å². The van der Waals surface area contributed by atoms with Gasteiger partial charge in [-0.15, -0.1) is 0 Å². The van der Waals surface area contributed by atoms with Gasteiger partial charge in [0.05, 0.1) is 6.61 Å². The maximum absolute atomic E-state index is 11.9. The summed E-state index contributed by atoms with van der Waals surface area (Å²) >= 11 is 1.40. The van der Waals surface area contributed by atoms with Gasteiger partial charge in [0.2, 0.25) is 0 Å². The molecule has 2 fully saturated rings. The molecule has 0 N–H and O–H groups in total. The van der Waals surface area contributed by atoms with Crippen LogP contribution in [0.5, 0.6) is 0 Å². The van der Waals surface area contributed by atoms with Gasteiger partial charge in [-0.05, 0) is 12.1 Å². The number of esters is 2. The van der Waals surface area contributed by atoms with Crippen LogP contribution in [-0.2, 0) is 33.3 Å². The summed E-state index contributed by atoms with van der Waals surface area (Å²) in [6.07, 6.45) is -3.46. The van der Waals surface area contributed by atoms with Crippen molar-refractivity contribution in [2.24, 2.45) is 0 Å². The first kappa shape index (κ1) is 21.8. The Morgan fingerprint density at radius 1 is 0.871 bits per heavy atom. The van der Waals surface area contributed by atoms with Crippen molar-refractivity contribution in [2.75, 3.05) is 6.61 Å². The van der Waals surface area contributed by atoms with Crippen LogP contribution in [0.15, 0.2) is 65.6 Å². The van der Waals surface area contributed by atoms with Crippen molar-refractivity contribution in [2.45, 2.75) is 54.9 Å². The molecule has 2 saturated heterocycles. The Morgan fingerprint density at radius 2 is 1.48 bits per heavy atom. The number of benzene rings is 2. The highest BCUT2D eigenvalue weighted by Crippen LogP contribution is 2.41. The maximum atomic E-state index is 11.9. The smallest absolute Gasteiger partial charge is 0.303 e. The molecule has 31 heavy (non-hydrogen) atoms. The number of fused-ring (bicyclic) bond motifs is 1. The van der Waals surface area contributed by atoms with Crippen LogP contribution in [0, 0.1) is 0 Å². The lowest BCUT2D eigenvalue weighted by Crippen LogP contribution is -2.63. The Kier molecular flexibility index (Phi) is 6.92. The Morgan fingerprint density at radius 3 is 2.13 bits per heavy atom. The minimum Gasteiger partial charge on any atom is -0.456 e. The predicted octanol–water partition coefficient (Wildman–Crippen LogP) is 3.48. The van der Waals surface area contributed by atoms with E-state index in [1.165, 1.54) is 25.6 Å². The average molecular weight is 445 g/mol. The molecule has 0 aliphatic carbocycles. The summed E-state index contributed by atoms with van der Waals surface area (Å²) in [5, 5.41) is 0. The van der Waals surface area contributed by atoms with Gasteiger partial charge >= 0.3 is 11.9 Å². The van der Waals surface area contributed by atoms with Crippen LogP contribution in [0.2, 0.25) is 0 Å². The molecule has 3 unspecified atom stereocenters. The second-order valence-electron chi connectivity index (χ2n) is 7.30. The van der Waals surface area contributed by atoms with Crippen molar-refractivity contribution >= 4 is 23.7 Å². The van der Waals surface area contributed by atoms with Gasteiger partial charge in [-0.3, -0.25) is 9.59 Å². The van der Waals surface area contributed by atoms with E-state index in [1.807, 2.05) is 60.7 Å². The molecule has 2 aliphatic rings. The molecule has 4 rings (SSSR count). The lowest BCUT2D eigenvalue weighted by Gasteiger charge is -2.48. The first-order valence-corrected chi connectivity index (χ1v) is 10.9. The first-order chi connectivity index (χ1) is 15.0. The Labute approximate surface area is 185 Å². The van der Waals surface area contributed by atoms with Gasteiger partial charge in [-0.2, -0.15) is 0 Å². The lowest BCUT2D eigenvalue weighted by molar-refractivity contribution is -0.320. The quantitative estimate of drug-likeness (QED) is 0.649. The molecule has 2 aliphatic heterocycles. The topological polar surface area (TPSA) is 80.3 Å². The number of hydrogen-bond donors (Lipinski definition) is 0. The van der Waals surface area contributed by atoms with Crippen LogP contribution in [-0.4, -0.2) is 48.4 Å². The van der Waals surface area contributed by atoms with Crippen molar-refractivity contribution in [3.05, 3.63) is 66.2 Å². The molecule has 2 aromatic rings. The molecule has 164 valence electrons. The molecule has 2 heterocycles. The molecule has 0 saturated carbocycles. The number of thioether (sulfide) groups is 1. The molecule has 0 bridgehead atoms. The van der Waals surface area contributed by atoms with E-state index in [-0.39, 0.29) is 6.61 Å². The Hall–Kier alpha value is -2.39. The number of hydrogen-bond acceptors (Lipinski definition) is 8. The van der Waals surface area contributed by atoms with Gasteiger partial charge < -0.3 is 23.7 Å². The number of carbonyl (C=O) groups is 2. The Balaban J connectivity index is 1.62. The number of carbonyl (C=O) groups excluding carboxylic acids is 2. The second kappa shape index (κ2) is 9.82. The summed E-state index contributed by atoms with van der Waals surface area (Å²) in [7, 11) is 0. The van der Waals surface area contributed by atoms with E-state index >= 15 is 0 Å². The van der Waals surface area contributed by atoms with Crippen molar-refractivity contribution in [1.82, 2.24) is 0 Å². The molecule has 7 nitrogen and oxygen atoms in total. The van der Waals surface area contributed by atoms with Crippen LogP contribution in [0.4, 0.5) is 0 Å². The zero-order valence-electron chi connectivity index (χ0n) is 17.2. The predicted molar refractivity (Wildman–Crippen MR) is 112 cm³/mol. The average Bonchev–Trinajstić information content (AvgIpc) is 2.76. The van der Waals surface area contributed by atoms with E-state index in [4.69, 9.17) is 23.7 Å². The lowest BCUT2D eigenvalue weighted by atomic mass is 9.98. The van der Waals surface area contributed by atoms with Gasteiger partial charge in [0, 0.05) is 24.3 Å². The van der Waals surface area contributed by atoms with Gasteiger partial charge in [-0.1, -0.05) is 60.3 Å². The molecule has 0 spiro atoms. The molecule has 0 aromatic heterocycles. The SMILES string of the molecule is CC(=O)OC1[C@@H](OC(C)=O)[C@H]2OC(c3ccccc3)OCC2O[C@H]1Sc1ccccc1. The summed E-state index contributed by atoms with van der Waals surface area (Å²) in [4.78, 5) is 24.8. The zero-order chi connectivity index (χ0) is 21.8. The minimum atomic E-state index is -0.845. The molecule has 0 amide bonds. The number of ether oxygens (including phenoxy) is 5. The largest absolute Gasteiger partial charge is 0.456 e. The zero-order valence-corrected chi connectivity index (χ0v) is 18.0. The fourth-order valence-electron chi connectivity index (χ4n) is 3.70. The highest BCUT2D eigenvalue weighted by Gasteiger charge is 2.53. The standard InChI is InChI=1S/C23H24O7S/c1-14(24)27-20-19-18(13-26-22(30-19)16-9-5-3-6-10-16)29-23(21(20)28-15(2)25)31-17-11-7-4-8-12-17/h3-12,18-23H,13H2,1-2H3/t18?,19-,20-,21?,22?,23-/m0/s1. The summed E-state index contributed by atoms with van der Waals surface area (Å²) in [5.41, 5.74) is 0.240. The third-order valence-corrected chi connectivity index (χ3v) is 6.11. The maximum Gasteiger partial charge on any atom is 0.303 e. The fourth-order valence-corrected chi connectivity index (χ4v) is 4.82. The molecular weight excluding hydrogens is 420 g/mol. The van der Waals surface area contributed by atoms with Gasteiger partial charge in [0.1, 0.15) is 17.6 Å². The third kappa shape index (κ3) is 5.27. The van der Waals surface area contributed by atoms with E-state index in [9.17, 15) is 9.59 Å². The van der Waals surface area contributed by atoms with Crippen molar-refractivity contribution in [3.63, 3.8) is 0 Å². The Bertz CT molecular complexity index is 891. The highest BCUT2D eigenvalue weighted by atomic mass is 32.2. The van der Waals surface area contributed by atoms with E-state index in [1.54, 1.807) is 0 Å². The third-order valence-electron chi connectivity index (χ3n) is 4.96. The minimum absolute atomic E-state index is 0.251. The molecule has 2 aromatic carbocycles. The van der Waals surface area contributed by atoms with Gasteiger partial charge in [-0.25, -0.2) is 0 Å². The second-order valence-corrected chi connectivity index (χ2v) is 8.47. The molecular formula is C23H24O7S. The van der Waals surface area contributed by atoms with Crippen LogP contribution >= 0.6 is 11.8 Å². The summed E-state index contributed by atoms with van der Waals surface area (Å²) in [5.74, 6) is -0.979. The van der Waals surface area contributed by atoms with E-state index in [0.717, 1.165) is 10.5 Å². The van der Waals surface area contributed by atoms with Crippen molar-refractivity contribution in [1.29, 1.82) is 0 Å². The van der Waals surface area contributed by atoms with Crippen LogP contribution in [0.1, 0.15) is 25.7 Å². The highest BCUT2D eigenvalue weighted by molar-refractivity contribution is 7.99. The van der Waals surface area contributed by atoms with E-state index in [2.05, 4.69) is 0 Å². The van der Waals surface area contributed by atoms with E-state index in [0.29, 0.717) is 0 Å². The monoisotopic (exact) mass is 444 g/mol. The van der Waals surface area contributed by atoms with Crippen molar-refractivity contribution < 1.29 is 33.3 Å². The summed E-state index contributed by atoms with van der Waals surface area (Å²) in [6.45, 7) is 2.89. The first-order valence-electron chi connectivity index (χ1n) is 10.0. The van der Waals surface area contributed by atoms with E-state index < -0.39 is 48.1 Å². The van der Waals surface area contributed by atoms with Crippen molar-refractivity contribution in [3.8, 4) is 0 Å². The normalized spacial score (nSPS) is 30.1. The van der Waals surface area contributed by atoms with Gasteiger partial charge in [0.25, 0.3) is 0 Å². The fraction of sp³-hybridized carbons (Fsp3) is 0.391. The number of rotatable bonds is 5. The van der Waals surface area contributed by atoms with Crippen LogP contribution in [0.3, 0.4) is 0 Å². The van der Waals surface area contributed by atoms with Crippen LogP contribution in [0.25, 0.3) is 0 Å².